The van der Waals surface area contributed by atoms with E-state index in [1.54, 1.807) is 24.3 Å². The number of non-ortho nitro benzene ring substituents is 1. The Morgan fingerprint density at radius 1 is 1.14 bits per heavy atom. The molecule has 2 heterocycles. The highest BCUT2D eigenvalue weighted by molar-refractivity contribution is 6.46. The summed E-state index contributed by atoms with van der Waals surface area (Å²) >= 11 is 0. The summed E-state index contributed by atoms with van der Waals surface area (Å²) in [6.45, 7) is 3.95. The van der Waals surface area contributed by atoms with Crippen LogP contribution in [0.5, 0.6) is 5.75 Å². The lowest BCUT2D eigenvalue weighted by atomic mass is 9.95. The number of rotatable bonds is 8. The normalized spacial score (nSPS) is 20.3. The minimum atomic E-state index is -0.869. The predicted octanol–water partition coefficient (Wildman–Crippen LogP) is 2.75. The first-order chi connectivity index (χ1) is 16.9. The van der Waals surface area contributed by atoms with Crippen LogP contribution in [-0.4, -0.2) is 78.0 Å². The fourth-order valence-electron chi connectivity index (χ4n) is 4.45. The third kappa shape index (κ3) is 5.18. The zero-order chi connectivity index (χ0) is 24.9. The molecule has 1 N–H and O–H groups in total. The second-order valence-electron chi connectivity index (χ2n) is 8.38. The van der Waals surface area contributed by atoms with Crippen LogP contribution < -0.4 is 4.74 Å². The van der Waals surface area contributed by atoms with Gasteiger partial charge in [-0.05, 0) is 36.2 Å². The fraction of sp³-hybridized carbons (Fsp3) is 0.360. The van der Waals surface area contributed by atoms with Crippen molar-refractivity contribution in [2.45, 2.75) is 12.5 Å². The molecule has 0 spiro atoms. The minimum absolute atomic E-state index is 0.0523. The number of aliphatic hydroxyl groups excluding tert-OH is 1. The van der Waals surface area contributed by atoms with Gasteiger partial charge in [0.1, 0.15) is 11.5 Å². The number of morpholine rings is 1. The Balaban J connectivity index is 1.69. The molecule has 10 nitrogen and oxygen atoms in total. The van der Waals surface area contributed by atoms with E-state index >= 15 is 0 Å². The van der Waals surface area contributed by atoms with Gasteiger partial charge >= 0.3 is 0 Å². The molecule has 0 aliphatic carbocycles. The van der Waals surface area contributed by atoms with Gasteiger partial charge < -0.3 is 19.5 Å². The van der Waals surface area contributed by atoms with E-state index in [2.05, 4.69) is 4.90 Å². The van der Waals surface area contributed by atoms with E-state index in [0.29, 0.717) is 43.1 Å². The summed E-state index contributed by atoms with van der Waals surface area (Å²) in [5, 5.41) is 22.3. The van der Waals surface area contributed by atoms with Gasteiger partial charge in [0.25, 0.3) is 17.4 Å². The number of hydrogen-bond donors (Lipinski definition) is 1. The zero-order valence-corrected chi connectivity index (χ0v) is 19.4. The Morgan fingerprint density at radius 3 is 2.51 bits per heavy atom. The van der Waals surface area contributed by atoms with Crippen LogP contribution >= 0.6 is 0 Å². The quantitative estimate of drug-likeness (QED) is 0.201. The second kappa shape index (κ2) is 10.7. The number of methoxy groups -OCH3 is 1. The number of nitro benzene ring substituents is 1. The third-order valence-electron chi connectivity index (χ3n) is 6.28. The van der Waals surface area contributed by atoms with Crippen molar-refractivity contribution in [3.63, 3.8) is 0 Å². The van der Waals surface area contributed by atoms with E-state index in [0.717, 1.165) is 19.6 Å². The Hall–Kier alpha value is -3.76. The van der Waals surface area contributed by atoms with Gasteiger partial charge in [-0.15, -0.1) is 0 Å². The summed E-state index contributed by atoms with van der Waals surface area (Å²) < 4.78 is 10.6. The van der Waals surface area contributed by atoms with Crippen LogP contribution in [0.3, 0.4) is 0 Å². The van der Waals surface area contributed by atoms with Gasteiger partial charge in [-0.3, -0.25) is 24.6 Å². The summed E-state index contributed by atoms with van der Waals surface area (Å²) in [6.07, 6.45) is 0.621. The number of Topliss-reactive ketones (excluding diaryl/α,β-unsaturated/α-hetero) is 1. The zero-order valence-electron chi connectivity index (χ0n) is 19.4. The molecular weight excluding hydrogens is 454 g/mol. The van der Waals surface area contributed by atoms with Crippen molar-refractivity contribution in [2.24, 2.45) is 0 Å². The monoisotopic (exact) mass is 481 g/mol. The van der Waals surface area contributed by atoms with Crippen molar-refractivity contribution in [2.75, 3.05) is 46.5 Å². The molecular formula is C25H27N3O7. The molecule has 2 fully saturated rings. The highest BCUT2D eigenvalue weighted by atomic mass is 16.6. The van der Waals surface area contributed by atoms with Crippen LogP contribution in [-0.2, 0) is 14.3 Å². The van der Waals surface area contributed by atoms with Gasteiger partial charge in [0, 0.05) is 43.9 Å². The molecule has 0 saturated carbocycles. The summed E-state index contributed by atoms with van der Waals surface area (Å²) in [5.74, 6) is -1.33. The molecule has 0 radical (unpaired) electrons. The van der Waals surface area contributed by atoms with E-state index in [9.17, 15) is 24.8 Å². The van der Waals surface area contributed by atoms with Crippen molar-refractivity contribution < 1.29 is 29.1 Å². The molecule has 2 aromatic rings. The Kier molecular flexibility index (Phi) is 7.42. The first kappa shape index (κ1) is 24.4. The molecule has 1 unspecified atom stereocenters. The van der Waals surface area contributed by atoms with E-state index < -0.39 is 22.7 Å². The lowest BCUT2D eigenvalue weighted by Crippen LogP contribution is -2.38. The molecule has 2 aliphatic heterocycles. The Labute approximate surface area is 202 Å². The van der Waals surface area contributed by atoms with Gasteiger partial charge in [-0.2, -0.15) is 0 Å². The summed E-state index contributed by atoms with van der Waals surface area (Å²) in [4.78, 5) is 40.5. The number of benzene rings is 2. The maximum Gasteiger partial charge on any atom is 0.295 e. The first-order valence-corrected chi connectivity index (χ1v) is 11.4. The number of ether oxygens (including phenoxy) is 2. The smallest absolute Gasteiger partial charge is 0.295 e. The van der Waals surface area contributed by atoms with Crippen LogP contribution in [0, 0.1) is 10.1 Å². The number of hydrogen-bond acceptors (Lipinski definition) is 8. The molecule has 4 rings (SSSR count). The summed E-state index contributed by atoms with van der Waals surface area (Å²) in [5.41, 5.74) is 0.683. The number of ketones is 1. The molecule has 2 aliphatic rings. The van der Waals surface area contributed by atoms with Crippen molar-refractivity contribution in [1.29, 1.82) is 0 Å². The summed E-state index contributed by atoms with van der Waals surface area (Å²) in [7, 11) is 1.49. The molecule has 2 aromatic carbocycles. The van der Waals surface area contributed by atoms with Crippen LogP contribution in [0.1, 0.15) is 23.6 Å². The van der Waals surface area contributed by atoms with Crippen molar-refractivity contribution in [1.82, 2.24) is 9.80 Å². The van der Waals surface area contributed by atoms with Crippen LogP contribution in [0.4, 0.5) is 5.69 Å². The lowest BCUT2D eigenvalue weighted by Gasteiger charge is -2.29. The van der Waals surface area contributed by atoms with Crippen LogP contribution in [0.15, 0.2) is 54.1 Å². The maximum absolute atomic E-state index is 13.1. The second-order valence-corrected chi connectivity index (χ2v) is 8.38. The lowest BCUT2D eigenvalue weighted by molar-refractivity contribution is -0.384. The molecule has 35 heavy (non-hydrogen) atoms. The number of carbonyl (C=O) groups is 2. The van der Waals surface area contributed by atoms with E-state index in [1.807, 2.05) is 0 Å². The molecule has 0 aromatic heterocycles. The van der Waals surface area contributed by atoms with Gasteiger partial charge in [-0.1, -0.05) is 12.1 Å². The summed E-state index contributed by atoms with van der Waals surface area (Å²) in [6, 6.07) is 11.4. The highest BCUT2D eigenvalue weighted by Crippen LogP contribution is 2.40. The number of nitro groups is 1. The number of amides is 1. The average Bonchev–Trinajstić information content (AvgIpc) is 3.14. The van der Waals surface area contributed by atoms with Gasteiger partial charge in [-0.25, -0.2) is 0 Å². The number of nitrogens with zero attached hydrogens (tertiary/aromatic N) is 3. The van der Waals surface area contributed by atoms with E-state index in [4.69, 9.17) is 9.47 Å². The van der Waals surface area contributed by atoms with Crippen molar-refractivity contribution >= 4 is 23.1 Å². The molecule has 1 amide bonds. The highest BCUT2D eigenvalue weighted by Gasteiger charge is 2.46. The molecule has 10 heteroatoms. The SMILES string of the molecule is COc1cccc(/C(O)=C2\C(=O)C(=O)N(CCCN3CCOCC3)C2c2ccc([N+](=O)[O-])cc2)c1. The standard InChI is InChI=1S/C25H27N3O7/c1-34-20-5-2-4-18(16-20)23(29)21-22(17-6-8-19(9-7-17)28(32)33)27(25(31)24(21)30)11-3-10-26-12-14-35-15-13-26/h2,4-9,16,22,29H,3,10-15H2,1H3/b23-21+. The molecule has 0 bridgehead atoms. The van der Waals surface area contributed by atoms with Gasteiger partial charge in [0.2, 0.25) is 0 Å². The third-order valence-corrected chi connectivity index (χ3v) is 6.28. The van der Waals surface area contributed by atoms with Crippen LogP contribution in [0.25, 0.3) is 5.76 Å². The van der Waals surface area contributed by atoms with E-state index in [1.165, 1.54) is 36.3 Å². The average molecular weight is 482 g/mol. The number of likely N-dealkylation sites (tertiary alicyclic amines) is 1. The van der Waals surface area contributed by atoms with Crippen molar-refractivity contribution in [3.05, 3.63) is 75.3 Å². The number of carbonyl (C=O) groups excluding carboxylic acids is 2. The first-order valence-electron chi connectivity index (χ1n) is 11.4. The predicted molar refractivity (Wildman–Crippen MR) is 127 cm³/mol. The largest absolute Gasteiger partial charge is 0.507 e. The fourth-order valence-corrected chi connectivity index (χ4v) is 4.45. The maximum atomic E-state index is 13.1. The Morgan fingerprint density at radius 2 is 1.86 bits per heavy atom. The van der Waals surface area contributed by atoms with Crippen molar-refractivity contribution in [3.8, 4) is 5.75 Å². The Bertz CT molecular complexity index is 1140. The minimum Gasteiger partial charge on any atom is -0.507 e. The topological polar surface area (TPSA) is 122 Å². The molecule has 2 saturated heterocycles. The molecule has 184 valence electrons. The van der Waals surface area contributed by atoms with Gasteiger partial charge in [0.15, 0.2) is 0 Å². The van der Waals surface area contributed by atoms with E-state index in [-0.39, 0.29) is 17.0 Å². The molecule has 1 atom stereocenters. The number of aliphatic hydroxyl groups is 1. The van der Waals surface area contributed by atoms with Gasteiger partial charge in [0.05, 0.1) is 36.9 Å². The van der Waals surface area contributed by atoms with Crippen LogP contribution in [0.2, 0.25) is 0 Å².